The Morgan fingerprint density at radius 1 is 1.06 bits per heavy atom. The number of esters is 1. The van der Waals surface area contributed by atoms with E-state index in [9.17, 15) is 9.59 Å². The Morgan fingerprint density at radius 2 is 1.77 bits per heavy atom. The first-order valence-corrected chi connectivity index (χ1v) is 12.2. The highest BCUT2D eigenvalue weighted by Crippen LogP contribution is 2.31. The highest BCUT2D eigenvalue weighted by atomic mass is 32.2. The van der Waals surface area contributed by atoms with Gasteiger partial charge in [-0.3, -0.25) is 4.79 Å². The summed E-state index contributed by atoms with van der Waals surface area (Å²) in [5, 5.41) is 3.37. The first-order valence-electron chi connectivity index (χ1n) is 11.4. The summed E-state index contributed by atoms with van der Waals surface area (Å²) in [6, 6.07) is 16.8. The van der Waals surface area contributed by atoms with Crippen LogP contribution < -0.4 is 10.1 Å². The number of aromatic nitrogens is 1. The van der Waals surface area contributed by atoms with E-state index in [1.54, 1.807) is 19.1 Å². The first-order chi connectivity index (χ1) is 16.9. The van der Waals surface area contributed by atoms with Crippen LogP contribution in [0.2, 0.25) is 0 Å². The lowest BCUT2D eigenvalue weighted by Gasteiger charge is -2.10. The molecule has 1 aromatic heterocycles. The second-order valence-electron chi connectivity index (χ2n) is 7.84. The normalized spacial score (nSPS) is 15.5. The number of aryl methyl sites for hydroxylation is 1. The maximum atomic E-state index is 12.6. The number of amides is 1. The molecular weight excluding hydrogens is 462 g/mol. The smallest absolute Gasteiger partial charge is 0.338 e. The number of benzene rings is 2. The van der Waals surface area contributed by atoms with Crippen molar-refractivity contribution in [2.45, 2.75) is 27.7 Å². The van der Waals surface area contributed by atoms with E-state index >= 15 is 0 Å². The number of rotatable bonds is 7. The second kappa shape index (κ2) is 10.7. The van der Waals surface area contributed by atoms with Gasteiger partial charge in [-0.05, 0) is 106 Å². The summed E-state index contributed by atoms with van der Waals surface area (Å²) in [7, 11) is 0. The fourth-order valence-electron chi connectivity index (χ4n) is 3.81. The van der Waals surface area contributed by atoms with Gasteiger partial charge in [0.25, 0.3) is 5.91 Å². The Balaban J connectivity index is 1.55. The molecule has 2 heterocycles. The SMILES string of the molecule is CCOC(=O)c1ccc(-n2c(C)cc(/C=C3\SC(=Nc4ccc(OCC)cc4)NC3=O)c2C)cc1. The van der Waals surface area contributed by atoms with Gasteiger partial charge in [-0.2, -0.15) is 0 Å². The predicted octanol–water partition coefficient (Wildman–Crippen LogP) is 5.56. The zero-order chi connectivity index (χ0) is 24.9. The van der Waals surface area contributed by atoms with Gasteiger partial charge in [0.1, 0.15) is 5.75 Å². The molecule has 0 bridgehead atoms. The van der Waals surface area contributed by atoms with Crippen LogP contribution in [0.3, 0.4) is 0 Å². The fraction of sp³-hybridized carbons (Fsp3) is 0.222. The minimum Gasteiger partial charge on any atom is -0.494 e. The average molecular weight is 490 g/mol. The van der Waals surface area contributed by atoms with Crippen LogP contribution in [0.15, 0.2) is 64.5 Å². The van der Waals surface area contributed by atoms with E-state index in [4.69, 9.17) is 9.47 Å². The number of nitrogens with zero attached hydrogens (tertiary/aromatic N) is 2. The molecule has 0 radical (unpaired) electrons. The highest BCUT2D eigenvalue weighted by Gasteiger charge is 2.24. The standard InChI is InChI=1S/C27H27N3O4S/c1-5-33-23-13-9-21(10-14-23)28-27-29-25(31)24(35-27)16-20-15-17(3)30(18(20)4)22-11-7-19(8-12-22)26(32)34-6-2/h7-16H,5-6H2,1-4H3,(H,28,29,31)/b24-16-. The number of nitrogens with one attached hydrogen (secondary N) is 1. The van der Waals surface area contributed by atoms with Gasteiger partial charge >= 0.3 is 5.97 Å². The lowest BCUT2D eigenvalue weighted by molar-refractivity contribution is -0.115. The molecule has 1 N–H and O–H groups in total. The minimum absolute atomic E-state index is 0.178. The molecule has 35 heavy (non-hydrogen) atoms. The molecule has 1 aliphatic rings. The van der Waals surface area contributed by atoms with E-state index in [1.807, 2.05) is 69.3 Å². The van der Waals surface area contributed by atoms with Gasteiger partial charge in [0.15, 0.2) is 5.17 Å². The van der Waals surface area contributed by atoms with Crippen LogP contribution in [-0.2, 0) is 9.53 Å². The van der Waals surface area contributed by atoms with E-state index in [0.29, 0.717) is 28.9 Å². The molecule has 180 valence electrons. The van der Waals surface area contributed by atoms with Gasteiger partial charge in [0.2, 0.25) is 0 Å². The number of hydrogen-bond acceptors (Lipinski definition) is 6. The van der Waals surface area contributed by atoms with Crippen molar-refractivity contribution < 1.29 is 19.1 Å². The molecule has 1 amide bonds. The molecule has 8 heteroatoms. The summed E-state index contributed by atoms with van der Waals surface area (Å²) in [6.07, 6.45) is 1.88. The first kappa shape index (κ1) is 24.3. The van der Waals surface area contributed by atoms with Crippen molar-refractivity contribution in [2.75, 3.05) is 13.2 Å². The molecule has 4 rings (SSSR count). The van der Waals surface area contributed by atoms with Crippen molar-refractivity contribution >= 4 is 40.6 Å². The van der Waals surface area contributed by atoms with Crippen LogP contribution in [0.1, 0.15) is 41.2 Å². The van der Waals surface area contributed by atoms with Crippen LogP contribution in [0.25, 0.3) is 11.8 Å². The number of hydrogen-bond donors (Lipinski definition) is 1. The average Bonchev–Trinajstić information content (AvgIpc) is 3.33. The number of aliphatic imine (C=N–C) groups is 1. The molecule has 0 saturated carbocycles. The lowest BCUT2D eigenvalue weighted by atomic mass is 10.2. The molecule has 1 fully saturated rings. The quantitative estimate of drug-likeness (QED) is 0.347. The Hall–Kier alpha value is -3.78. The number of thioether (sulfide) groups is 1. The van der Waals surface area contributed by atoms with Crippen LogP contribution in [0, 0.1) is 13.8 Å². The third-order valence-electron chi connectivity index (χ3n) is 5.42. The lowest BCUT2D eigenvalue weighted by Crippen LogP contribution is -2.19. The van der Waals surface area contributed by atoms with E-state index in [-0.39, 0.29) is 11.9 Å². The minimum atomic E-state index is -0.336. The van der Waals surface area contributed by atoms with Gasteiger partial charge in [-0.1, -0.05) is 0 Å². The van der Waals surface area contributed by atoms with Crippen LogP contribution in [-0.4, -0.2) is 34.8 Å². The van der Waals surface area contributed by atoms with Crippen molar-refractivity contribution in [1.29, 1.82) is 0 Å². The molecule has 7 nitrogen and oxygen atoms in total. The highest BCUT2D eigenvalue weighted by molar-refractivity contribution is 8.18. The second-order valence-corrected chi connectivity index (χ2v) is 8.87. The van der Waals surface area contributed by atoms with Gasteiger partial charge in [0.05, 0.1) is 29.4 Å². The monoisotopic (exact) mass is 489 g/mol. The van der Waals surface area contributed by atoms with Gasteiger partial charge in [-0.15, -0.1) is 0 Å². The van der Waals surface area contributed by atoms with Crippen LogP contribution >= 0.6 is 11.8 Å². The Kier molecular flexibility index (Phi) is 7.41. The van der Waals surface area contributed by atoms with Crippen molar-refractivity contribution in [2.24, 2.45) is 4.99 Å². The summed E-state index contributed by atoms with van der Waals surface area (Å²) in [5.41, 5.74) is 5.13. The van der Waals surface area contributed by atoms with E-state index in [2.05, 4.69) is 14.9 Å². The van der Waals surface area contributed by atoms with Gasteiger partial charge in [0, 0.05) is 17.1 Å². The number of amidine groups is 1. The molecule has 3 aromatic rings. The summed E-state index contributed by atoms with van der Waals surface area (Å²) in [5.74, 6) is 0.270. The number of carbonyl (C=O) groups excluding carboxylic acids is 2. The molecular formula is C27H27N3O4S. The third kappa shape index (κ3) is 5.49. The number of ether oxygens (including phenoxy) is 2. The van der Waals surface area contributed by atoms with Crippen molar-refractivity contribution in [3.63, 3.8) is 0 Å². The molecule has 0 atom stereocenters. The predicted molar refractivity (Wildman–Crippen MR) is 140 cm³/mol. The van der Waals surface area contributed by atoms with E-state index < -0.39 is 0 Å². The van der Waals surface area contributed by atoms with Crippen LogP contribution in [0.4, 0.5) is 5.69 Å². The molecule has 0 unspecified atom stereocenters. The Bertz CT molecular complexity index is 1310. The topological polar surface area (TPSA) is 81.9 Å². The van der Waals surface area contributed by atoms with Crippen LogP contribution in [0.5, 0.6) is 5.75 Å². The Labute approximate surface area is 208 Å². The summed E-state index contributed by atoms with van der Waals surface area (Å²) >= 11 is 1.31. The van der Waals surface area contributed by atoms with E-state index in [1.165, 1.54) is 11.8 Å². The maximum Gasteiger partial charge on any atom is 0.338 e. The summed E-state index contributed by atoms with van der Waals surface area (Å²) < 4.78 is 12.6. The van der Waals surface area contributed by atoms with Crippen molar-refractivity contribution in [3.8, 4) is 11.4 Å². The number of carbonyl (C=O) groups is 2. The zero-order valence-electron chi connectivity index (χ0n) is 20.1. The van der Waals surface area contributed by atoms with Crippen molar-refractivity contribution in [1.82, 2.24) is 9.88 Å². The third-order valence-corrected chi connectivity index (χ3v) is 6.33. The molecule has 2 aromatic carbocycles. The van der Waals surface area contributed by atoms with E-state index in [0.717, 1.165) is 34.1 Å². The van der Waals surface area contributed by atoms with Crippen molar-refractivity contribution in [3.05, 3.63) is 82.0 Å². The largest absolute Gasteiger partial charge is 0.494 e. The molecule has 0 aliphatic carbocycles. The molecule has 1 saturated heterocycles. The summed E-state index contributed by atoms with van der Waals surface area (Å²) in [4.78, 5) is 29.7. The maximum absolute atomic E-state index is 12.6. The fourth-order valence-corrected chi connectivity index (χ4v) is 4.65. The zero-order valence-corrected chi connectivity index (χ0v) is 20.9. The van der Waals surface area contributed by atoms with Gasteiger partial charge < -0.3 is 19.4 Å². The summed E-state index contributed by atoms with van der Waals surface area (Å²) in [6.45, 7) is 8.68. The molecule has 1 aliphatic heterocycles. The Morgan fingerprint density at radius 3 is 2.43 bits per heavy atom. The molecule has 0 spiro atoms. The van der Waals surface area contributed by atoms with Gasteiger partial charge in [-0.25, -0.2) is 9.79 Å².